The van der Waals surface area contributed by atoms with Crippen molar-refractivity contribution in [2.75, 3.05) is 11.9 Å². The van der Waals surface area contributed by atoms with Crippen molar-refractivity contribution in [1.29, 1.82) is 5.26 Å². The first-order valence-electron chi connectivity index (χ1n) is 10.1. The predicted octanol–water partition coefficient (Wildman–Crippen LogP) is 6.95. The van der Waals surface area contributed by atoms with E-state index >= 15 is 0 Å². The molecule has 162 valence electrons. The maximum Gasteiger partial charge on any atom is 0.266 e. The molecule has 3 aromatic carbocycles. The lowest BCUT2D eigenvalue weighted by Crippen LogP contribution is -2.13. The van der Waals surface area contributed by atoms with E-state index in [2.05, 4.69) is 27.3 Å². The Balaban J connectivity index is 1.85. The van der Waals surface area contributed by atoms with Gasteiger partial charge < -0.3 is 10.1 Å². The molecule has 0 aliphatic heterocycles. The number of benzene rings is 3. The van der Waals surface area contributed by atoms with Gasteiger partial charge in [0.1, 0.15) is 17.4 Å². The van der Waals surface area contributed by atoms with E-state index in [1.807, 2.05) is 62.4 Å². The molecule has 6 heteroatoms. The van der Waals surface area contributed by atoms with Crippen LogP contribution in [0.2, 0.25) is 5.02 Å². The van der Waals surface area contributed by atoms with Gasteiger partial charge in [-0.15, -0.1) is 0 Å². The molecule has 1 N–H and O–H groups in total. The molecule has 4 nitrogen and oxygen atoms in total. The second-order valence-electron chi connectivity index (χ2n) is 7.16. The summed E-state index contributed by atoms with van der Waals surface area (Å²) in [6, 6.07) is 20.9. The number of carbonyl (C=O) groups excluding carboxylic acids is 1. The summed E-state index contributed by atoms with van der Waals surface area (Å²) >= 11 is 9.71. The maximum absolute atomic E-state index is 12.6. The van der Waals surface area contributed by atoms with E-state index in [-0.39, 0.29) is 5.57 Å². The minimum atomic E-state index is -0.498. The lowest BCUT2D eigenvalue weighted by Gasteiger charge is -2.12. The van der Waals surface area contributed by atoms with E-state index in [9.17, 15) is 10.1 Å². The highest BCUT2D eigenvalue weighted by molar-refractivity contribution is 9.10. The van der Waals surface area contributed by atoms with Crippen LogP contribution in [0.25, 0.3) is 6.08 Å². The third kappa shape index (κ3) is 6.00. The number of amides is 1. The van der Waals surface area contributed by atoms with Gasteiger partial charge in [0.25, 0.3) is 5.91 Å². The Bertz CT molecular complexity index is 1210. The summed E-state index contributed by atoms with van der Waals surface area (Å²) in [5, 5.41) is 12.8. The molecule has 0 fully saturated rings. The highest BCUT2D eigenvalue weighted by Gasteiger charge is 2.12. The number of nitriles is 1. The number of carbonyl (C=O) groups is 1. The zero-order chi connectivity index (χ0) is 23.1. The molecule has 0 aliphatic carbocycles. The molecule has 0 aromatic heterocycles. The largest absolute Gasteiger partial charge is 0.494 e. The number of aryl methyl sites for hydroxylation is 1. The molecule has 3 rings (SSSR count). The molecule has 1 amide bonds. The van der Waals surface area contributed by atoms with Crippen LogP contribution < -0.4 is 10.1 Å². The molecular formula is C26H22BrClN2O2. The summed E-state index contributed by atoms with van der Waals surface area (Å²) in [7, 11) is 0. The van der Waals surface area contributed by atoms with Gasteiger partial charge in [-0.05, 0) is 66.4 Å². The summed E-state index contributed by atoms with van der Waals surface area (Å²) < 4.78 is 6.88. The first-order chi connectivity index (χ1) is 15.4. The van der Waals surface area contributed by atoms with E-state index in [0.29, 0.717) is 29.3 Å². The van der Waals surface area contributed by atoms with Crippen molar-refractivity contribution in [3.05, 3.63) is 98.0 Å². The zero-order valence-corrected chi connectivity index (χ0v) is 20.1. The van der Waals surface area contributed by atoms with Crippen LogP contribution in [0.15, 0.2) is 70.7 Å². The monoisotopic (exact) mass is 508 g/mol. The second kappa shape index (κ2) is 11.0. The topological polar surface area (TPSA) is 62.1 Å². The van der Waals surface area contributed by atoms with Crippen LogP contribution in [0.4, 0.5) is 5.69 Å². The van der Waals surface area contributed by atoms with Crippen LogP contribution in [0, 0.1) is 18.3 Å². The number of nitrogens with zero attached hydrogens (tertiary/aromatic N) is 1. The highest BCUT2D eigenvalue weighted by Crippen LogP contribution is 2.28. The lowest BCUT2D eigenvalue weighted by atomic mass is 10.0. The molecule has 0 heterocycles. The van der Waals surface area contributed by atoms with Gasteiger partial charge >= 0.3 is 0 Å². The van der Waals surface area contributed by atoms with Crippen LogP contribution in [-0.2, 0) is 11.2 Å². The standard InChI is InChI=1S/C26H22BrClN2O2/c1-3-32-25-13-18(9-10-20(25)14-19-6-4-5-7-23(19)27)12-21(16-29)26(31)30-22-11-8-17(2)24(28)15-22/h4-13,15H,3,14H2,1-2H3,(H,30,31)/b21-12+. The van der Waals surface area contributed by atoms with Crippen molar-refractivity contribution in [3.63, 3.8) is 0 Å². The summed E-state index contributed by atoms with van der Waals surface area (Å²) in [4.78, 5) is 12.6. The van der Waals surface area contributed by atoms with Gasteiger partial charge in [0.05, 0.1) is 6.61 Å². The molecular weight excluding hydrogens is 488 g/mol. The summed E-state index contributed by atoms with van der Waals surface area (Å²) in [6.45, 7) is 4.31. The molecule has 32 heavy (non-hydrogen) atoms. The van der Waals surface area contributed by atoms with Crippen LogP contribution >= 0.6 is 27.5 Å². The van der Waals surface area contributed by atoms with Crippen molar-refractivity contribution < 1.29 is 9.53 Å². The smallest absolute Gasteiger partial charge is 0.266 e. The third-order valence-corrected chi connectivity index (χ3v) is 6.02. The first-order valence-corrected chi connectivity index (χ1v) is 11.3. The van der Waals surface area contributed by atoms with Crippen LogP contribution in [0.1, 0.15) is 29.2 Å². The van der Waals surface area contributed by atoms with Gasteiger partial charge in [-0.2, -0.15) is 5.26 Å². The van der Waals surface area contributed by atoms with Gasteiger partial charge in [-0.1, -0.05) is 63.9 Å². The number of rotatable bonds is 7. The Morgan fingerprint density at radius 3 is 2.62 bits per heavy atom. The molecule has 0 aliphatic rings. The van der Waals surface area contributed by atoms with E-state index in [1.54, 1.807) is 18.2 Å². The zero-order valence-electron chi connectivity index (χ0n) is 17.8. The van der Waals surface area contributed by atoms with Crippen molar-refractivity contribution in [1.82, 2.24) is 0 Å². The molecule has 0 spiro atoms. The molecule has 0 saturated carbocycles. The molecule has 0 unspecified atom stereocenters. The molecule has 0 radical (unpaired) electrons. The summed E-state index contributed by atoms with van der Waals surface area (Å²) in [5.41, 5.74) is 4.30. The third-order valence-electron chi connectivity index (χ3n) is 4.84. The molecule has 3 aromatic rings. The Morgan fingerprint density at radius 2 is 1.94 bits per heavy atom. The molecule has 0 bridgehead atoms. The van der Waals surface area contributed by atoms with Crippen molar-refractivity contribution >= 4 is 45.2 Å². The quantitative estimate of drug-likeness (QED) is 0.277. The Labute approximate surface area is 201 Å². The number of hydrogen-bond acceptors (Lipinski definition) is 3. The van der Waals surface area contributed by atoms with Crippen LogP contribution in [0.3, 0.4) is 0 Å². The number of hydrogen-bond donors (Lipinski definition) is 1. The fraction of sp³-hybridized carbons (Fsp3) is 0.154. The molecule has 0 saturated heterocycles. The van der Waals surface area contributed by atoms with E-state index in [0.717, 1.165) is 26.9 Å². The van der Waals surface area contributed by atoms with Crippen molar-refractivity contribution in [2.45, 2.75) is 20.3 Å². The van der Waals surface area contributed by atoms with Crippen LogP contribution in [-0.4, -0.2) is 12.5 Å². The van der Waals surface area contributed by atoms with Crippen molar-refractivity contribution in [3.8, 4) is 11.8 Å². The van der Waals surface area contributed by atoms with Gasteiger partial charge in [0.15, 0.2) is 0 Å². The average Bonchev–Trinajstić information content (AvgIpc) is 2.77. The summed E-state index contributed by atoms with van der Waals surface area (Å²) in [5.74, 6) is 0.225. The van der Waals surface area contributed by atoms with E-state index in [1.165, 1.54) is 0 Å². The van der Waals surface area contributed by atoms with Gasteiger partial charge in [-0.3, -0.25) is 4.79 Å². The number of nitrogens with one attached hydrogen (secondary N) is 1. The average molecular weight is 510 g/mol. The van der Waals surface area contributed by atoms with Gasteiger partial charge in [-0.25, -0.2) is 0 Å². The highest BCUT2D eigenvalue weighted by atomic mass is 79.9. The second-order valence-corrected chi connectivity index (χ2v) is 8.42. The lowest BCUT2D eigenvalue weighted by molar-refractivity contribution is -0.112. The molecule has 0 atom stereocenters. The van der Waals surface area contributed by atoms with Gasteiger partial charge in [0.2, 0.25) is 0 Å². The van der Waals surface area contributed by atoms with E-state index in [4.69, 9.17) is 16.3 Å². The maximum atomic E-state index is 12.6. The predicted molar refractivity (Wildman–Crippen MR) is 133 cm³/mol. The number of ether oxygens (including phenoxy) is 1. The Kier molecular flexibility index (Phi) is 8.10. The fourth-order valence-corrected chi connectivity index (χ4v) is 3.73. The minimum absolute atomic E-state index is 0.0114. The van der Waals surface area contributed by atoms with E-state index < -0.39 is 5.91 Å². The number of halogens is 2. The summed E-state index contributed by atoms with van der Waals surface area (Å²) in [6.07, 6.45) is 2.25. The fourth-order valence-electron chi connectivity index (χ4n) is 3.13. The SMILES string of the molecule is CCOc1cc(/C=C(\C#N)C(=O)Nc2ccc(C)c(Cl)c2)ccc1Cc1ccccc1Br. The minimum Gasteiger partial charge on any atom is -0.494 e. The Morgan fingerprint density at radius 1 is 1.16 bits per heavy atom. The van der Waals surface area contributed by atoms with Crippen molar-refractivity contribution in [2.24, 2.45) is 0 Å². The Hall–Kier alpha value is -3.07. The van der Waals surface area contributed by atoms with Crippen LogP contribution in [0.5, 0.6) is 5.75 Å². The van der Waals surface area contributed by atoms with Gasteiger partial charge in [0, 0.05) is 21.6 Å². The first kappa shape index (κ1) is 23.6. The normalized spacial score (nSPS) is 11.0. The number of anilines is 1.